The van der Waals surface area contributed by atoms with Gasteiger partial charge in [-0.3, -0.25) is 0 Å². The number of benzene rings is 7. The number of rotatable bonds is 5. The molecule has 0 amide bonds. The van der Waals surface area contributed by atoms with Crippen molar-refractivity contribution in [2.45, 2.75) is 19.3 Å². The van der Waals surface area contributed by atoms with Gasteiger partial charge in [-0.05, 0) is 67.4 Å². The Labute approximate surface area is 297 Å². The van der Waals surface area contributed by atoms with Crippen LogP contribution >= 0.6 is 0 Å². The molecule has 4 heteroatoms. The van der Waals surface area contributed by atoms with Crippen molar-refractivity contribution < 1.29 is 0 Å². The predicted octanol–water partition coefficient (Wildman–Crippen LogP) is 11.5. The summed E-state index contributed by atoms with van der Waals surface area (Å²) in [6.45, 7) is 4.44. The Kier molecular flexibility index (Phi) is 7.15. The summed E-state index contributed by atoms with van der Waals surface area (Å²) in [4.78, 5) is 15.2. The molecule has 9 rings (SSSR count). The minimum atomic E-state index is -0.269. The van der Waals surface area contributed by atoms with E-state index in [9.17, 15) is 5.26 Å². The van der Waals surface area contributed by atoms with Crippen molar-refractivity contribution >= 4 is 10.8 Å². The molecule has 0 saturated heterocycles. The van der Waals surface area contributed by atoms with E-state index in [1.165, 1.54) is 11.1 Å². The highest BCUT2D eigenvalue weighted by molar-refractivity contribution is 6.03. The summed E-state index contributed by atoms with van der Waals surface area (Å²) in [5.74, 6) is 1.91. The zero-order chi connectivity index (χ0) is 34.5. The fourth-order valence-electron chi connectivity index (χ4n) is 7.67. The fraction of sp³-hybridized carbons (Fsp3) is 0.0638. The van der Waals surface area contributed by atoms with Gasteiger partial charge in [0.25, 0.3) is 0 Å². The normalized spacial score (nSPS) is 12.6. The maximum atomic E-state index is 9.89. The SMILES string of the molecule is CC1(C)c2cc(-c3ccc(-c4ccc5ccccc5c4-c4nc(-c5ccccc5)nc(-c5ccccc5)n4)cc3)ccc2-c2cccc(C#N)c21. The average molecular weight is 653 g/mol. The lowest BCUT2D eigenvalue weighted by Crippen LogP contribution is -2.16. The molecule has 0 saturated carbocycles. The first-order valence-corrected chi connectivity index (χ1v) is 17.2. The lowest BCUT2D eigenvalue weighted by Gasteiger charge is -2.23. The molecule has 7 aromatic carbocycles. The quantitative estimate of drug-likeness (QED) is 0.186. The summed E-state index contributed by atoms with van der Waals surface area (Å²) in [6, 6.07) is 57.0. The number of hydrogen-bond acceptors (Lipinski definition) is 4. The summed E-state index contributed by atoms with van der Waals surface area (Å²) < 4.78 is 0. The molecule has 51 heavy (non-hydrogen) atoms. The first-order chi connectivity index (χ1) is 25.0. The smallest absolute Gasteiger partial charge is 0.165 e. The van der Waals surface area contributed by atoms with Gasteiger partial charge in [-0.15, -0.1) is 0 Å². The van der Waals surface area contributed by atoms with E-state index in [2.05, 4.69) is 105 Å². The number of fused-ring (bicyclic) bond motifs is 4. The minimum Gasteiger partial charge on any atom is -0.208 e. The van der Waals surface area contributed by atoms with Crippen LogP contribution in [0.2, 0.25) is 0 Å². The van der Waals surface area contributed by atoms with Gasteiger partial charge in [-0.2, -0.15) is 5.26 Å². The molecule has 0 bridgehead atoms. The Bertz CT molecular complexity index is 2600. The van der Waals surface area contributed by atoms with Gasteiger partial charge in [0.05, 0.1) is 11.6 Å². The van der Waals surface area contributed by atoms with Gasteiger partial charge in [0.1, 0.15) is 0 Å². The van der Waals surface area contributed by atoms with Crippen LogP contribution in [0.25, 0.3) is 78.3 Å². The molecule has 0 unspecified atom stereocenters. The molecule has 0 N–H and O–H groups in total. The van der Waals surface area contributed by atoms with Gasteiger partial charge < -0.3 is 0 Å². The second kappa shape index (κ2) is 12.0. The zero-order valence-electron chi connectivity index (χ0n) is 28.3. The third kappa shape index (κ3) is 5.10. The second-order valence-corrected chi connectivity index (χ2v) is 13.6. The van der Waals surface area contributed by atoms with E-state index in [4.69, 9.17) is 15.0 Å². The monoisotopic (exact) mass is 652 g/mol. The van der Waals surface area contributed by atoms with Crippen molar-refractivity contribution in [2.75, 3.05) is 0 Å². The van der Waals surface area contributed by atoms with Gasteiger partial charge in [-0.1, -0.05) is 159 Å². The molecule has 1 aliphatic rings. The van der Waals surface area contributed by atoms with Crippen molar-refractivity contribution in [3.05, 3.63) is 174 Å². The van der Waals surface area contributed by atoms with Crippen LogP contribution in [0.5, 0.6) is 0 Å². The molecule has 0 spiro atoms. The average Bonchev–Trinajstić information content (AvgIpc) is 3.43. The van der Waals surface area contributed by atoms with E-state index in [1.807, 2.05) is 72.8 Å². The first kappa shape index (κ1) is 30.4. The van der Waals surface area contributed by atoms with Crippen LogP contribution in [-0.4, -0.2) is 15.0 Å². The van der Waals surface area contributed by atoms with E-state index in [0.29, 0.717) is 17.5 Å². The maximum absolute atomic E-state index is 9.89. The van der Waals surface area contributed by atoms with Crippen molar-refractivity contribution in [3.8, 4) is 73.6 Å². The third-order valence-electron chi connectivity index (χ3n) is 10.2. The first-order valence-electron chi connectivity index (χ1n) is 17.2. The summed E-state index contributed by atoms with van der Waals surface area (Å²) in [7, 11) is 0. The van der Waals surface area contributed by atoms with Crippen LogP contribution in [0.1, 0.15) is 30.5 Å². The van der Waals surface area contributed by atoms with Gasteiger partial charge in [-0.25, -0.2) is 15.0 Å². The summed E-state index contributed by atoms with van der Waals surface area (Å²) >= 11 is 0. The number of hydrogen-bond donors (Lipinski definition) is 0. The molecule has 1 aromatic heterocycles. The van der Waals surface area contributed by atoms with E-state index in [-0.39, 0.29) is 5.41 Å². The predicted molar refractivity (Wildman–Crippen MR) is 207 cm³/mol. The van der Waals surface area contributed by atoms with Crippen LogP contribution in [0.15, 0.2) is 158 Å². The highest BCUT2D eigenvalue weighted by Crippen LogP contribution is 2.51. The number of aromatic nitrogens is 3. The van der Waals surface area contributed by atoms with Crippen LogP contribution in [0.4, 0.5) is 0 Å². The molecule has 0 radical (unpaired) electrons. The van der Waals surface area contributed by atoms with Gasteiger partial charge in [0.15, 0.2) is 17.5 Å². The molecule has 1 heterocycles. The second-order valence-electron chi connectivity index (χ2n) is 13.6. The number of nitrogens with zero attached hydrogens (tertiary/aromatic N) is 4. The van der Waals surface area contributed by atoms with Crippen molar-refractivity contribution in [1.29, 1.82) is 5.26 Å². The van der Waals surface area contributed by atoms with Crippen LogP contribution in [0.3, 0.4) is 0 Å². The van der Waals surface area contributed by atoms with Crippen LogP contribution < -0.4 is 0 Å². The number of nitriles is 1. The minimum absolute atomic E-state index is 0.269. The molecule has 1 aliphatic carbocycles. The van der Waals surface area contributed by atoms with E-state index in [0.717, 1.165) is 66.4 Å². The highest BCUT2D eigenvalue weighted by atomic mass is 15.0. The van der Waals surface area contributed by atoms with E-state index >= 15 is 0 Å². The van der Waals surface area contributed by atoms with Gasteiger partial charge in [0, 0.05) is 22.1 Å². The molecule has 0 aliphatic heterocycles. The Morgan fingerprint density at radius 3 is 1.75 bits per heavy atom. The Hall–Kier alpha value is -6.70. The molecule has 240 valence electrons. The van der Waals surface area contributed by atoms with E-state index < -0.39 is 0 Å². The third-order valence-corrected chi connectivity index (χ3v) is 10.2. The molecular weight excluding hydrogens is 621 g/mol. The van der Waals surface area contributed by atoms with Crippen LogP contribution in [-0.2, 0) is 5.41 Å². The van der Waals surface area contributed by atoms with E-state index in [1.54, 1.807) is 0 Å². The largest absolute Gasteiger partial charge is 0.208 e. The summed E-state index contributed by atoms with van der Waals surface area (Å²) in [6.07, 6.45) is 0. The molecule has 0 atom stereocenters. The highest BCUT2D eigenvalue weighted by Gasteiger charge is 2.37. The van der Waals surface area contributed by atoms with Gasteiger partial charge in [0.2, 0.25) is 0 Å². The fourth-order valence-corrected chi connectivity index (χ4v) is 7.67. The molecule has 4 nitrogen and oxygen atoms in total. The molecule has 8 aromatic rings. The lowest BCUT2D eigenvalue weighted by atomic mass is 9.79. The van der Waals surface area contributed by atoms with Gasteiger partial charge >= 0.3 is 0 Å². The zero-order valence-corrected chi connectivity index (χ0v) is 28.3. The Balaban J connectivity index is 1.17. The maximum Gasteiger partial charge on any atom is 0.165 e. The van der Waals surface area contributed by atoms with Crippen molar-refractivity contribution in [2.24, 2.45) is 0 Å². The molecular formula is C47H32N4. The molecule has 0 fully saturated rings. The Morgan fingerprint density at radius 2 is 1.06 bits per heavy atom. The summed E-state index contributed by atoms with van der Waals surface area (Å²) in [5, 5.41) is 12.1. The van der Waals surface area contributed by atoms with Crippen LogP contribution in [0, 0.1) is 11.3 Å². The van der Waals surface area contributed by atoms with Crippen molar-refractivity contribution in [3.63, 3.8) is 0 Å². The van der Waals surface area contributed by atoms with Crippen molar-refractivity contribution in [1.82, 2.24) is 15.0 Å². The lowest BCUT2D eigenvalue weighted by molar-refractivity contribution is 0.658. The Morgan fingerprint density at radius 1 is 0.471 bits per heavy atom. The standard InChI is InChI=1S/C47H32N4/c1-47(2)41-28-35(25-27-39(41)40-19-11-17-36(29-48)43(40)47)30-20-22-32(23-21-30)38-26-24-31-12-9-10-18-37(31)42(38)46-50-44(33-13-5-3-6-14-33)49-45(51-46)34-15-7-4-8-16-34/h3-28H,1-2H3. The topological polar surface area (TPSA) is 62.5 Å². The summed E-state index contributed by atoms with van der Waals surface area (Å²) in [5.41, 5.74) is 12.5.